The van der Waals surface area contributed by atoms with Crippen molar-refractivity contribution >= 4 is 72.0 Å². The molecular weight excluding hydrogens is 604 g/mol. The molecule has 6 heteroatoms. The first-order valence-corrected chi connectivity index (χ1v) is 16.3. The van der Waals surface area contributed by atoms with Crippen LogP contribution in [0.3, 0.4) is 0 Å². The van der Waals surface area contributed by atoms with Crippen molar-refractivity contribution in [1.82, 2.24) is 15.0 Å². The van der Waals surface area contributed by atoms with E-state index < -0.39 is 0 Å². The summed E-state index contributed by atoms with van der Waals surface area (Å²) in [4.78, 5) is 17.9. The van der Waals surface area contributed by atoms with E-state index in [1.54, 1.807) is 0 Å². The van der Waals surface area contributed by atoms with E-state index in [9.17, 15) is 0 Å². The van der Waals surface area contributed by atoms with Crippen molar-refractivity contribution < 1.29 is 8.83 Å². The van der Waals surface area contributed by atoms with Crippen molar-refractivity contribution in [2.24, 2.45) is 0 Å². The third kappa shape index (κ3) is 3.79. The third-order valence-electron chi connectivity index (χ3n) is 9.66. The van der Waals surface area contributed by atoms with Crippen LogP contribution in [0.2, 0.25) is 0 Å². The van der Waals surface area contributed by atoms with Crippen LogP contribution in [0.1, 0.15) is 0 Å². The highest BCUT2D eigenvalue weighted by molar-refractivity contribution is 6.14. The highest BCUT2D eigenvalue weighted by Crippen LogP contribution is 2.50. The normalized spacial score (nSPS) is 12.4. The van der Waals surface area contributed by atoms with Crippen LogP contribution >= 0.6 is 0 Å². The standard InChI is InChI=1S/C43H24N4O2/c1-4-17-33-27(12-1)29-15-7-10-25-11-8-18-34(39(25)29)47(33)43-45-41(26-22-23-37-32(24-26)28-13-2-5-19-35(28)48-37)44-42(46-43)31-16-9-21-38-40(31)30-14-3-6-20-36(30)49-38/h1-24H. The number of furan rings is 2. The topological polar surface area (TPSA) is 68.2 Å². The molecule has 0 amide bonds. The van der Waals surface area contributed by atoms with Gasteiger partial charge in [0.15, 0.2) is 11.6 Å². The Labute approximate surface area is 279 Å². The zero-order chi connectivity index (χ0) is 32.1. The van der Waals surface area contributed by atoms with Crippen LogP contribution in [0.5, 0.6) is 0 Å². The Morgan fingerprint density at radius 3 is 1.96 bits per heavy atom. The molecule has 0 bridgehead atoms. The van der Waals surface area contributed by atoms with Crippen molar-refractivity contribution in [3.05, 3.63) is 146 Å². The van der Waals surface area contributed by atoms with Crippen molar-refractivity contribution in [2.45, 2.75) is 0 Å². The van der Waals surface area contributed by atoms with Gasteiger partial charge in [-0.1, -0.05) is 97.1 Å². The van der Waals surface area contributed by atoms with Crippen molar-refractivity contribution in [3.8, 4) is 33.9 Å². The van der Waals surface area contributed by atoms with Gasteiger partial charge >= 0.3 is 0 Å². The molecule has 10 aromatic rings. The predicted molar refractivity (Wildman–Crippen MR) is 196 cm³/mol. The Bertz CT molecular complexity index is 2970. The number of benzene rings is 7. The summed E-state index contributed by atoms with van der Waals surface area (Å²) >= 11 is 0. The van der Waals surface area contributed by atoms with E-state index in [4.69, 9.17) is 23.8 Å². The van der Waals surface area contributed by atoms with Gasteiger partial charge in [0.05, 0.1) is 11.4 Å². The highest BCUT2D eigenvalue weighted by Gasteiger charge is 2.29. The molecule has 3 aromatic heterocycles. The average molecular weight is 629 g/mol. The van der Waals surface area contributed by atoms with E-state index in [0.717, 1.165) is 77.3 Å². The van der Waals surface area contributed by atoms with Crippen molar-refractivity contribution in [2.75, 3.05) is 4.90 Å². The van der Waals surface area contributed by atoms with Gasteiger partial charge in [-0.3, -0.25) is 4.90 Å². The summed E-state index contributed by atoms with van der Waals surface area (Å²) in [6.07, 6.45) is 0. The van der Waals surface area contributed by atoms with E-state index in [1.807, 2.05) is 60.7 Å². The second-order valence-corrected chi connectivity index (χ2v) is 12.4. The monoisotopic (exact) mass is 628 g/mol. The minimum atomic E-state index is 0.538. The average Bonchev–Trinajstić information content (AvgIpc) is 3.73. The molecule has 0 fully saturated rings. The van der Waals surface area contributed by atoms with Crippen LogP contribution in [0, 0.1) is 0 Å². The first-order valence-electron chi connectivity index (χ1n) is 16.3. The van der Waals surface area contributed by atoms with Crippen molar-refractivity contribution in [3.63, 3.8) is 0 Å². The molecular formula is C43H24N4O2. The van der Waals surface area contributed by atoms with Crippen LogP contribution < -0.4 is 4.90 Å². The molecule has 0 N–H and O–H groups in total. The summed E-state index contributed by atoms with van der Waals surface area (Å²) in [5.41, 5.74) is 9.40. The fourth-order valence-electron chi connectivity index (χ4n) is 7.51. The van der Waals surface area contributed by atoms with Gasteiger partial charge in [0.1, 0.15) is 22.3 Å². The fourth-order valence-corrected chi connectivity index (χ4v) is 7.51. The van der Waals surface area contributed by atoms with E-state index in [2.05, 4.69) is 89.8 Å². The Morgan fingerprint density at radius 2 is 1.04 bits per heavy atom. The van der Waals surface area contributed by atoms with Crippen LogP contribution in [0.15, 0.2) is 154 Å². The quantitative estimate of drug-likeness (QED) is 0.194. The van der Waals surface area contributed by atoms with Crippen LogP contribution in [0.4, 0.5) is 17.3 Å². The lowest BCUT2D eigenvalue weighted by Gasteiger charge is -2.32. The van der Waals surface area contributed by atoms with Gasteiger partial charge in [-0.15, -0.1) is 0 Å². The molecule has 6 nitrogen and oxygen atoms in total. The lowest BCUT2D eigenvalue weighted by Crippen LogP contribution is -2.18. The zero-order valence-corrected chi connectivity index (χ0v) is 26.0. The van der Waals surface area contributed by atoms with Crippen LogP contribution in [0.25, 0.3) is 88.6 Å². The molecule has 0 aliphatic carbocycles. The third-order valence-corrected chi connectivity index (χ3v) is 9.66. The maximum atomic E-state index is 6.29. The maximum absolute atomic E-state index is 6.29. The van der Waals surface area contributed by atoms with Gasteiger partial charge in [-0.2, -0.15) is 9.97 Å². The second-order valence-electron chi connectivity index (χ2n) is 12.4. The lowest BCUT2D eigenvalue weighted by molar-refractivity contribution is 0.668. The number of nitrogens with zero attached hydrogens (tertiary/aromatic N) is 4. The van der Waals surface area contributed by atoms with Gasteiger partial charge in [0, 0.05) is 43.6 Å². The molecule has 0 radical (unpaired) electrons. The molecule has 11 rings (SSSR count). The molecule has 49 heavy (non-hydrogen) atoms. The molecule has 228 valence electrons. The van der Waals surface area contributed by atoms with Gasteiger partial charge < -0.3 is 8.83 Å². The number of aromatic nitrogens is 3. The van der Waals surface area contributed by atoms with Gasteiger partial charge in [-0.25, -0.2) is 4.98 Å². The molecule has 0 saturated carbocycles. The Kier molecular flexibility index (Phi) is 5.29. The molecule has 1 aliphatic rings. The summed E-state index contributed by atoms with van der Waals surface area (Å²) in [6, 6.07) is 49.8. The lowest BCUT2D eigenvalue weighted by atomic mass is 9.91. The van der Waals surface area contributed by atoms with E-state index in [0.29, 0.717) is 17.6 Å². The van der Waals surface area contributed by atoms with Crippen molar-refractivity contribution in [1.29, 1.82) is 0 Å². The van der Waals surface area contributed by atoms with E-state index in [-0.39, 0.29) is 0 Å². The van der Waals surface area contributed by atoms with Crippen LogP contribution in [-0.4, -0.2) is 15.0 Å². The summed E-state index contributed by atoms with van der Waals surface area (Å²) in [5.74, 6) is 1.68. The number of hydrogen-bond donors (Lipinski definition) is 0. The molecule has 0 unspecified atom stereocenters. The van der Waals surface area contributed by atoms with Gasteiger partial charge in [-0.05, 0) is 59.5 Å². The summed E-state index contributed by atoms with van der Waals surface area (Å²) < 4.78 is 12.5. The minimum absolute atomic E-state index is 0.538. The smallest absolute Gasteiger partial charge is 0.238 e. The number of rotatable bonds is 3. The Balaban J connectivity index is 1.22. The molecule has 0 saturated heterocycles. The van der Waals surface area contributed by atoms with Crippen LogP contribution in [-0.2, 0) is 0 Å². The fraction of sp³-hybridized carbons (Fsp3) is 0. The zero-order valence-electron chi connectivity index (χ0n) is 26.0. The molecule has 0 atom stereocenters. The van der Waals surface area contributed by atoms with Gasteiger partial charge in [0.2, 0.25) is 5.95 Å². The number of anilines is 3. The molecule has 1 aliphatic heterocycles. The van der Waals surface area contributed by atoms with Gasteiger partial charge in [0.25, 0.3) is 0 Å². The summed E-state index contributed by atoms with van der Waals surface area (Å²) in [6.45, 7) is 0. The number of hydrogen-bond acceptors (Lipinski definition) is 6. The van der Waals surface area contributed by atoms with E-state index in [1.165, 1.54) is 10.9 Å². The molecule has 7 aromatic carbocycles. The number of fused-ring (bicyclic) bond motifs is 8. The molecule has 4 heterocycles. The largest absolute Gasteiger partial charge is 0.456 e. The Morgan fingerprint density at radius 1 is 0.408 bits per heavy atom. The Hall–Kier alpha value is -6.79. The second kappa shape index (κ2) is 9.86. The first-order chi connectivity index (χ1) is 24.3. The number of para-hydroxylation sites is 3. The SMILES string of the molecule is c1ccc2c(c1)-c1cccc3cccc(c13)N2c1nc(-c2ccc3oc4ccccc4c3c2)nc(-c2cccc3oc4ccccc4c23)n1. The van der Waals surface area contributed by atoms with E-state index >= 15 is 0 Å². The maximum Gasteiger partial charge on any atom is 0.238 e. The summed E-state index contributed by atoms with van der Waals surface area (Å²) in [7, 11) is 0. The predicted octanol–water partition coefficient (Wildman–Crippen LogP) is 11.6. The summed E-state index contributed by atoms with van der Waals surface area (Å²) in [5, 5.41) is 6.39. The highest BCUT2D eigenvalue weighted by atomic mass is 16.3. The minimum Gasteiger partial charge on any atom is -0.456 e. The molecule has 0 spiro atoms. The first kappa shape index (κ1) is 26.3.